The normalized spacial score (nSPS) is 11.9. The molecule has 0 spiro atoms. The molecule has 0 atom stereocenters. The van der Waals surface area contributed by atoms with Crippen LogP contribution in [0.5, 0.6) is 0 Å². The fourth-order valence-electron chi connectivity index (χ4n) is 9.72. The minimum atomic E-state index is 1.02. The fourth-order valence-corrected chi connectivity index (χ4v) is 9.72. The molecule has 0 aliphatic carbocycles. The van der Waals surface area contributed by atoms with E-state index in [1.807, 2.05) is 12.1 Å². The van der Waals surface area contributed by atoms with Gasteiger partial charge in [0.15, 0.2) is 0 Å². The average Bonchev–Trinajstić information content (AvgIpc) is 3.90. The van der Waals surface area contributed by atoms with Crippen LogP contribution in [-0.2, 0) is 0 Å². The lowest BCUT2D eigenvalue weighted by Crippen LogP contribution is -2.01. The van der Waals surface area contributed by atoms with E-state index < -0.39 is 0 Å². The van der Waals surface area contributed by atoms with Crippen LogP contribution in [0.3, 0.4) is 0 Å². The standard InChI is InChI=1S/C62H44N4/c1-3-17-47(18-4-1)63-49-36-30-43(31-37-49)61(44-32-38-51(39-33-44)65-57-26-11-7-22-53(57)54-23-8-12-27-58(54)65)62(46-16-15-21-50(42-46)64-48-19-5-2-6-20-48)45-34-40-52(41-35-45)66-59-28-13-9-24-55(59)56-25-10-14-29-60(56)66/h1-42,63-64H. The number of benzene rings is 10. The Morgan fingerprint density at radius 3 is 0.985 bits per heavy atom. The molecule has 0 fully saturated rings. The second-order valence-electron chi connectivity index (χ2n) is 16.7. The van der Waals surface area contributed by atoms with Crippen LogP contribution in [0.4, 0.5) is 22.7 Å². The average molecular weight is 845 g/mol. The van der Waals surface area contributed by atoms with E-state index in [-0.39, 0.29) is 0 Å². The monoisotopic (exact) mass is 844 g/mol. The summed E-state index contributed by atoms with van der Waals surface area (Å²) in [7, 11) is 0. The Bertz CT molecular complexity index is 3600. The van der Waals surface area contributed by atoms with E-state index in [1.165, 1.54) is 43.6 Å². The number of nitrogens with zero attached hydrogens (tertiary/aromatic N) is 2. The topological polar surface area (TPSA) is 33.9 Å². The summed E-state index contributed by atoms with van der Waals surface area (Å²) >= 11 is 0. The van der Waals surface area contributed by atoms with E-state index in [0.717, 1.165) is 67.5 Å². The first-order valence-electron chi connectivity index (χ1n) is 22.5. The highest BCUT2D eigenvalue weighted by molar-refractivity contribution is 6.11. The Balaban J connectivity index is 1.06. The molecule has 0 aliphatic heterocycles. The molecule has 2 N–H and O–H groups in total. The molecule has 312 valence electrons. The van der Waals surface area contributed by atoms with Crippen molar-refractivity contribution in [3.05, 3.63) is 277 Å². The molecule has 66 heavy (non-hydrogen) atoms. The zero-order valence-electron chi connectivity index (χ0n) is 36.1. The predicted octanol–water partition coefficient (Wildman–Crippen LogP) is 16.4. The van der Waals surface area contributed by atoms with Crippen molar-refractivity contribution in [2.24, 2.45) is 0 Å². The Morgan fingerprint density at radius 2 is 0.561 bits per heavy atom. The summed E-state index contributed by atoms with van der Waals surface area (Å²) in [6.45, 7) is 0. The molecule has 4 nitrogen and oxygen atoms in total. The quantitative estimate of drug-likeness (QED) is 0.135. The second-order valence-corrected chi connectivity index (χ2v) is 16.7. The van der Waals surface area contributed by atoms with Gasteiger partial charge in [-0.1, -0.05) is 158 Å². The number of para-hydroxylation sites is 6. The van der Waals surface area contributed by atoms with E-state index in [9.17, 15) is 0 Å². The number of hydrogen-bond acceptors (Lipinski definition) is 2. The molecule has 0 unspecified atom stereocenters. The number of aromatic nitrogens is 2. The Labute approximate surface area is 384 Å². The molecule has 10 aromatic carbocycles. The van der Waals surface area contributed by atoms with Gasteiger partial charge in [-0.3, -0.25) is 0 Å². The smallest absolute Gasteiger partial charge is 0.0541 e. The van der Waals surface area contributed by atoms with E-state index in [0.29, 0.717) is 0 Å². The number of nitrogens with one attached hydrogen (secondary N) is 2. The molecule has 0 bridgehead atoms. The largest absolute Gasteiger partial charge is 0.356 e. The minimum absolute atomic E-state index is 1.02. The molecular weight excluding hydrogens is 801 g/mol. The van der Waals surface area contributed by atoms with Crippen molar-refractivity contribution in [1.29, 1.82) is 0 Å². The molecule has 0 saturated heterocycles. The maximum atomic E-state index is 3.68. The van der Waals surface area contributed by atoms with Crippen molar-refractivity contribution in [1.82, 2.24) is 9.13 Å². The van der Waals surface area contributed by atoms with Crippen LogP contribution in [0, 0.1) is 0 Å². The molecule has 0 radical (unpaired) electrons. The van der Waals surface area contributed by atoms with Crippen molar-refractivity contribution in [3.63, 3.8) is 0 Å². The van der Waals surface area contributed by atoms with Gasteiger partial charge in [0, 0.05) is 55.7 Å². The first-order chi connectivity index (χ1) is 32.7. The maximum Gasteiger partial charge on any atom is 0.0541 e. The fraction of sp³-hybridized carbons (Fsp3) is 0. The number of hydrogen-bond donors (Lipinski definition) is 2. The Hall–Kier alpha value is -8.86. The van der Waals surface area contributed by atoms with Gasteiger partial charge >= 0.3 is 0 Å². The summed E-state index contributed by atoms with van der Waals surface area (Å²) in [5.41, 5.74) is 17.8. The summed E-state index contributed by atoms with van der Waals surface area (Å²) < 4.78 is 4.77. The third-order valence-corrected chi connectivity index (χ3v) is 12.7. The lowest BCUT2D eigenvalue weighted by Gasteiger charge is -2.20. The van der Waals surface area contributed by atoms with Crippen molar-refractivity contribution >= 4 is 77.5 Å². The van der Waals surface area contributed by atoms with Crippen LogP contribution < -0.4 is 10.6 Å². The predicted molar refractivity (Wildman–Crippen MR) is 279 cm³/mol. The van der Waals surface area contributed by atoms with Gasteiger partial charge in [-0.25, -0.2) is 0 Å². The van der Waals surface area contributed by atoms with Gasteiger partial charge in [0.2, 0.25) is 0 Å². The molecule has 0 saturated carbocycles. The van der Waals surface area contributed by atoms with Gasteiger partial charge in [0.05, 0.1) is 22.1 Å². The summed E-state index contributed by atoms with van der Waals surface area (Å²) in [6.07, 6.45) is 0. The first kappa shape index (κ1) is 38.8. The Kier molecular flexibility index (Phi) is 9.81. The highest BCUT2D eigenvalue weighted by Crippen LogP contribution is 2.41. The zero-order chi connectivity index (χ0) is 43.8. The molecular formula is C62H44N4. The molecule has 12 rings (SSSR count). The van der Waals surface area contributed by atoms with E-state index >= 15 is 0 Å². The van der Waals surface area contributed by atoms with Gasteiger partial charge in [-0.05, 0) is 130 Å². The van der Waals surface area contributed by atoms with Crippen molar-refractivity contribution < 1.29 is 0 Å². The second kappa shape index (κ2) is 16.7. The Morgan fingerprint density at radius 1 is 0.242 bits per heavy atom. The van der Waals surface area contributed by atoms with Crippen LogP contribution in [-0.4, -0.2) is 9.13 Å². The summed E-state index contributed by atoms with van der Waals surface area (Å²) in [5.74, 6) is 0. The summed E-state index contributed by atoms with van der Waals surface area (Å²) in [6, 6.07) is 91.5. The van der Waals surface area contributed by atoms with E-state index in [2.05, 4.69) is 262 Å². The van der Waals surface area contributed by atoms with Crippen molar-refractivity contribution in [3.8, 4) is 11.4 Å². The van der Waals surface area contributed by atoms with Crippen LogP contribution in [0.1, 0.15) is 22.3 Å². The van der Waals surface area contributed by atoms with Crippen molar-refractivity contribution in [2.45, 2.75) is 0 Å². The highest BCUT2D eigenvalue weighted by atomic mass is 15.0. The maximum absolute atomic E-state index is 3.68. The van der Waals surface area contributed by atoms with Gasteiger partial charge in [0.25, 0.3) is 0 Å². The number of fused-ring (bicyclic) bond motifs is 6. The molecule has 12 aromatic rings. The van der Waals surface area contributed by atoms with Crippen molar-refractivity contribution in [2.75, 3.05) is 10.6 Å². The lowest BCUT2D eigenvalue weighted by molar-refractivity contribution is 1.18. The van der Waals surface area contributed by atoms with Crippen LogP contribution in [0.15, 0.2) is 255 Å². The van der Waals surface area contributed by atoms with Gasteiger partial charge in [-0.2, -0.15) is 0 Å². The molecule has 2 aromatic heterocycles. The summed E-state index contributed by atoms with van der Waals surface area (Å²) in [5, 5.41) is 12.3. The van der Waals surface area contributed by atoms with Crippen LogP contribution in [0.25, 0.3) is 66.1 Å². The molecule has 0 amide bonds. The first-order valence-corrected chi connectivity index (χ1v) is 22.5. The highest BCUT2D eigenvalue weighted by Gasteiger charge is 2.20. The third kappa shape index (κ3) is 7.08. The van der Waals surface area contributed by atoms with Gasteiger partial charge in [-0.15, -0.1) is 0 Å². The summed E-state index contributed by atoms with van der Waals surface area (Å²) in [4.78, 5) is 0. The SMILES string of the molecule is c1ccc(Nc2ccc(C(=C(c3ccc(-n4c5ccccc5c5ccccc54)cc3)c3cccc(Nc4ccccc4)c3)c3ccc(-n4c5ccccc5c5ccccc54)cc3)cc2)cc1. The van der Waals surface area contributed by atoms with E-state index in [4.69, 9.17) is 0 Å². The number of rotatable bonds is 10. The van der Waals surface area contributed by atoms with Gasteiger partial charge < -0.3 is 19.8 Å². The van der Waals surface area contributed by atoms with Gasteiger partial charge in [0.1, 0.15) is 0 Å². The molecule has 2 heterocycles. The number of anilines is 4. The van der Waals surface area contributed by atoms with E-state index in [1.54, 1.807) is 0 Å². The molecule has 0 aliphatic rings. The third-order valence-electron chi connectivity index (χ3n) is 12.7. The van der Waals surface area contributed by atoms with Crippen LogP contribution >= 0.6 is 0 Å². The minimum Gasteiger partial charge on any atom is -0.356 e. The molecule has 4 heteroatoms. The lowest BCUT2D eigenvalue weighted by atomic mass is 9.85. The van der Waals surface area contributed by atoms with Crippen LogP contribution in [0.2, 0.25) is 0 Å². The zero-order valence-corrected chi connectivity index (χ0v) is 36.1.